The van der Waals surface area contributed by atoms with Crippen LogP contribution >= 0.6 is 0 Å². The highest BCUT2D eigenvalue weighted by Gasteiger charge is 2.23. The second kappa shape index (κ2) is 5.63. The van der Waals surface area contributed by atoms with Crippen LogP contribution in [0.4, 0.5) is 0 Å². The molecule has 0 amide bonds. The number of aryl methyl sites for hydroxylation is 1. The molecule has 2 rings (SSSR count). The van der Waals surface area contributed by atoms with Gasteiger partial charge in [-0.05, 0) is 31.1 Å². The molecule has 0 saturated heterocycles. The van der Waals surface area contributed by atoms with Crippen LogP contribution in [0.15, 0.2) is 6.33 Å². The zero-order valence-corrected chi connectivity index (χ0v) is 11.2. The van der Waals surface area contributed by atoms with Gasteiger partial charge in [0.05, 0.1) is 0 Å². The van der Waals surface area contributed by atoms with E-state index >= 15 is 0 Å². The Morgan fingerprint density at radius 1 is 1.35 bits per heavy atom. The molecule has 1 aromatic heterocycles. The summed E-state index contributed by atoms with van der Waals surface area (Å²) in [6, 6.07) is 0.699. The maximum absolute atomic E-state index is 4.29. The number of aromatic nitrogens is 3. The van der Waals surface area contributed by atoms with Crippen LogP contribution in [0.1, 0.15) is 38.9 Å². The van der Waals surface area contributed by atoms with Crippen molar-refractivity contribution in [1.82, 2.24) is 20.1 Å². The summed E-state index contributed by atoms with van der Waals surface area (Å²) in [5.41, 5.74) is 0. The number of hydrogen-bond acceptors (Lipinski definition) is 3. The predicted octanol–water partition coefficient (Wildman–Crippen LogP) is 1.77. The van der Waals surface area contributed by atoms with Gasteiger partial charge in [0.15, 0.2) is 5.82 Å². The molecule has 96 valence electrons. The van der Waals surface area contributed by atoms with Gasteiger partial charge in [-0.3, -0.25) is 4.68 Å². The van der Waals surface area contributed by atoms with Crippen LogP contribution in [0.3, 0.4) is 0 Å². The fraction of sp³-hybridized carbons (Fsp3) is 0.846. The lowest BCUT2D eigenvalue weighted by molar-refractivity contribution is 0.227. The van der Waals surface area contributed by atoms with Crippen LogP contribution in [-0.4, -0.2) is 27.4 Å². The van der Waals surface area contributed by atoms with E-state index in [-0.39, 0.29) is 0 Å². The van der Waals surface area contributed by atoms with Crippen molar-refractivity contribution < 1.29 is 0 Å². The summed E-state index contributed by atoms with van der Waals surface area (Å²) in [5.74, 6) is 2.69. The monoisotopic (exact) mass is 236 g/mol. The SMILES string of the molecule is CC1CCC(NCCc2ncn(C)n2)CC1C. The minimum absolute atomic E-state index is 0.699. The fourth-order valence-corrected chi connectivity index (χ4v) is 2.62. The van der Waals surface area contributed by atoms with E-state index in [1.165, 1.54) is 19.3 Å². The smallest absolute Gasteiger partial charge is 0.151 e. The molecule has 1 aliphatic carbocycles. The van der Waals surface area contributed by atoms with Crippen LogP contribution in [0.5, 0.6) is 0 Å². The van der Waals surface area contributed by atoms with Crippen LogP contribution < -0.4 is 5.32 Å². The molecule has 3 atom stereocenters. The Balaban J connectivity index is 1.69. The van der Waals surface area contributed by atoms with Gasteiger partial charge in [0, 0.05) is 26.1 Å². The summed E-state index contributed by atoms with van der Waals surface area (Å²) in [7, 11) is 1.91. The van der Waals surface area contributed by atoms with Crippen LogP contribution in [0.2, 0.25) is 0 Å². The molecule has 1 heterocycles. The minimum Gasteiger partial charge on any atom is -0.314 e. The number of nitrogens with zero attached hydrogens (tertiary/aromatic N) is 3. The van der Waals surface area contributed by atoms with Crippen LogP contribution in [-0.2, 0) is 13.5 Å². The fourth-order valence-electron chi connectivity index (χ4n) is 2.62. The highest BCUT2D eigenvalue weighted by molar-refractivity contribution is 4.84. The van der Waals surface area contributed by atoms with Gasteiger partial charge in [0.25, 0.3) is 0 Å². The van der Waals surface area contributed by atoms with Crippen molar-refractivity contribution in [2.45, 2.75) is 45.6 Å². The second-order valence-corrected chi connectivity index (χ2v) is 5.50. The van der Waals surface area contributed by atoms with Crippen molar-refractivity contribution in [1.29, 1.82) is 0 Å². The molecule has 1 saturated carbocycles. The Kier molecular flexibility index (Phi) is 4.15. The molecule has 3 unspecified atom stereocenters. The average Bonchev–Trinajstić information content (AvgIpc) is 2.70. The van der Waals surface area contributed by atoms with E-state index in [2.05, 4.69) is 29.2 Å². The topological polar surface area (TPSA) is 42.7 Å². The third-order valence-corrected chi connectivity index (χ3v) is 4.03. The summed E-state index contributed by atoms with van der Waals surface area (Å²) in [6.45, 7) is 5.74. The number of hydrogen-bond donors (Lipinski definition) is 1. The van der Waals surface area contributed by atoms with Gasteiger partial charge in [0.1, 0.15) is 6.33 Å². The summed E-state index contributed by atoms with van der Waals surface area (Å²) in [6.07, 6.45) is 6.69. The zero-order valence-electron chi connectivity index (χ0n) is 11.2. The third-order valence-electron chi connectivity index (χ3n) is 4.03. The molecule has 0 spiro atoms. The van der Waals surface area contributed by atoms with E-state index in [1.807, 2.05) is 7.05 Å². The molecular formula is C13H24N4. The first-order chi connectivity index (χ1) is 8.15. The van der Waals surface area contributed by atoms with Crippen molar-refractivity contribution in [2.24, 2.45) is 18.9 Å². The molecule has 1 N–H and O–H groups in total. The Hall–Kier alpha value is -0.900. The van der Waals surface area contributed by atoms with Crippen molar-refractivity contribution in [3.05, 3.63) is 12.2 Å². The van der Waals surface area contributed by atoms with Crippen molar-refractivity contribution in [3.63, 3.8) is 0 Å². The van der Waals surface area contributed by atoms with E-state index in [4.69, 9.17) is 0 Å². The molecule has 17 heavy (non-hydrogen) atoms. The van der Waals surface area contributed by atoms with Gasteiger partial charge in [-0.1, -0.05) is 13.8 Å². The van der Waals surface area contributed by atoms with Crippen molar-refractivity contribution in [3.8, 4) is 0 Å². The first-order valence-corrected chi connectivity index (χ1v) is 6.73. The number of rotatable bonds is 4. The molecule has 4 heteroatoms. The van der Waals surface area contributed by atoms with E-state index in [0.717, 1.165) is 30.6 Å². The molecule has 0 aromatic carbocycles. The lowest BCUT2D eigenvalue weighted by atomic mass is 9.79. The lowest BCUT2D eigenvalue weighted by Gasteiger charge is -2.32. The first kappa shape index (κ1) is 12.6. The summed E-state index contributed by atoms with van der Waals surface area (Å²) in [4.78, 5) is 4.24. The Labute approximate surface area is 104 Å². The first-order valence-electron chi connectivity index (χ1n) is 6.73. The van der Waals surface area contributed by atoms with Crippen molar-refractivity contribution in [2.75, 3.05) is 6.54 Å². The quantitative estimate of drug-likeness (QED) is 0.866. The standard InChI is InChI=1S/C13H24N4/c1-10-4-5-12(8-11(10)2)14-7-6-13-15-9-17(3)16-13/h9-12,14H,4-8H2,1-3H3. The van der Waals surface area contributed by atoms with Gasteiger partial charge in [-0.25, -0.2) is 4.98 Å². The van der Waals surface area contributed by atoms with E-state index in [1.54, 1.807) is 11.0 Å². The van der Waals surface area contributed by atoms with E-state index < -0.39 is 0 Å². The highest BCUT2D eigenvalue weighted by Crippen LogP contribution is 2.29. The van der Waals surface area contributed by atoms with E-state index in [9.17, 15) is 0 Å². The predicted molar refractivity (Wildman–Crippen MR) is 68.7 cm³/mol. The van der Waals surface area contributed by atoms with Crippen LogP contribution in [0, 0.1) is 11.8 Å². The van der Waals surface area contributed by atoms with Gasteiger partial charge < -0.3 is 5.32 Å². The third kappa shape index (κ3) is 3.53. The summed E-state index contributed by atoms with van der Waals surface area (Å²) < 4.78 is 1.76. The number of nitrogens with one attached hydrogen (secondary N) is 1. The molecule has 0 bridgehead atoms. The summed E-state index contributed by atoms with van der Waals surface area (Å²) >= 11 is 0. The molecule has 1 aromatic rings. The minimum atomic E-state index is 0.699. The maximum Gasteiger partial charge on any atom is 0.151 e. The zero-order chi connectivity index (χ0) is 12.3. The Morgan fingerprint density at radius 2 is 2.18 bits per heavy atom. The largest absolute Gasteiger partial charge is 0.314 e. The van der Waals surface area contributed by atoms with Crippen molar-refractivity contribution >= 4 is 0 Å². The Morgan fingerprint density at radius 3 is 2.82 bits per heavy atom. The average molecular weight is 236 g/mol. The van der Waals surface area contributed by atoms with Gasteiger partial charge >= 0.3 is 0 Å². The normalized spacial score (nSPS) is 29.5. The van der Waals surface area contributed by atoms with Gasteiger partial charge in [0.2, 0.25) is 0 Å². The lowest BCUT2D eigenvalue weighted by Crippen LogP contribution is -2.37. The van der Waals surface area contributed by atoms with Gasteiger partial charge in [-0.15, -0.1) is 0 Å². The van der Waals surface area contributed by atoms with Crippen LogP contribution in [0.25, 0.3) is 0 Å². The molecule has 0 aliphatic heterocycles. The summed E-state index contributed by atoms with van der Waals surface area (Å²) in [5, 5.41) is 7.93. The molecule has 4 nitrogen and oxygen atoms in total. The second-order valence-electron chi connectivity index (χ2n) is 5.50. The van der Waals surface area contributed by atoms with E-state index in [0.29, 0.717) is 6.04 Å². The molecular weight excluding hydrogens is 212 g/mol. The maximum atomic E-state index is 4.29. The molecule has 1 fully saturated rings. The molecule has 1 aliphatic rings. The Bertz CT molecular complexity index is 347. The molecule has 0 radical (unpaired) electrons. The van der Waals surface area contributed by atoms with Gasteiger partial charge in [-0.2, -0.15) is 5.10 Å². The highest BCUT2D eigenvalue weighted by atomic mass is 15.3.